The van der Waals surface area contributed by atoms with Crippen molar-refractivity contribution in [3.63, 3.8) is 0 Å². The molecule has 0 amide bonds. The van der Waals surface area contributed by atoms with Gasteiger partial charge < -0.3 is 0 Å². The van der Waals surface area contributed by atoms with E-state index < -0.39 is 0 Å². The number of pyridine rings is 1. The van der Waals surface area contributed by atoms with Gasteiger partial charge in [0.15, 0.2) is 0 Å². The minimum Gasteiger partial charge on any atom is -0.264 e. The summed E-state index contributed by atoms with van der Waals surface area (Å²) in [5.41, 5.74) is 2.95. The molecule has 0 fully saturated rings. The van der Waals surface area contributed by atoms with Crippen LogP contribution in [0.4, 0.5) is 0 Å². The van der Waals surface area contributed by atoms with Crippen LogP contribution in [-0.2, 0) is 11.8 Å². The fourth-order valence-electron chi connectivity index (χ4n) is 1.26. The summed E-state index contributed by atoms with van der Waals surface area (Å²) in [5, 5.41) is 0. The van der Waals surface area contributed by atoms with E-state index in [1.54, 1.807) is 0 Å². The van der Waals surface area contributed by atoms with Crippen molar-refractivity contribution in [2.24, 2.45) is 0 Å². The summed E-state index contributed by atoms with van der Waals surface area (Å²) in [5.74, 6) is 0. The molecule has 1 rings (SSSR count). The monoisotopic (exact) mass is 177 g/mol. The zero-order chi connectivity index (χ0) is 9.90. The van der Waals surface area contributed by atoms with Gasteiger partial charge in [0, 0.05) is 12.4 Å². The zero-order valence-corrected chi connectivity index (χ0v) is 9.09. The van der Waals surface area contributed by atoms with E-state index in [2.05, 4.69) is 38.7 Å². The van der Waals surface area contributed by atoms with Crippen LogP contribution in [-0.4, -0.2) is 4.98 Å². The lowest BCUT2D eigenvalue weighted by atomic mass is 9.83. The Balaban J connectivity index is 3.01. The molecule has 1 aromatic rings. The number of hydrogen-bond donors (Lipinski definition) is 0. The molecule has 1 heterocycles. The second-order valence-corrected chi connectivity index (χ2v) is 4.17. The van der Waals surface area contributed by atoms with Gasteiger partial charge in [0.1, 0.15) is 0 Å². The van der Waals surface area contributed by atoms with Crippen LogP contribution in [0.1, 0.15) is 45.2 Å². The van der Waals surface area contributed by atoms with Crippen molar-refractivity contribution >= 4 is 0 Å². The molecule has 13 heavy (non-hydrogen) atoms. The zero-order valence-electron chi connectivity index (χ0n) is 9.09. The summed E-state index contributed by atoms with van der Waals surface area (Å²) in [6.07, 6.45) is 6.17. The molecule has 72 valence electrons. The van der Waals surface area contributed by atoms with Crippen LogP contribution in [0.15, 0.2) is 18.5 Å². The van der Waals surface area contributed by atoms with E-state index in [9.17, 15) is 0 Å². The molecule has 0 saturated heterocycles. The standard InChI is InChI=1S/C12H19N/c1-5-10-7-11(9-13-8-10)12(3,4)6-2/h7-9H,5-6H2,1-4H3. The Morgan fingerprint density at radius 1 is 1.23 bits per heavy atom. The Hall–Kier alpha value is -0.850. The number of hydrogen-bond acceptors (Lipinski definition) is 1. The van der Waals surface area contributed by atoms with Crippen LogP contribution < -0.4 is 0 Å². The molecule has 0 bridgehead atoms. The maximum Gasteiger partial charge on any atom is 0.0305 e. The Labute approximate surface area is 81.2 Å². The molecule has 0 spiro atoms. The normalized spacial score (nSPS) is 11.7. The summed E-state index contributed by atoms with van der Waals surface area (Å²) in [6.45, 7) is 8.92. The second-order valence-electron chi connectivity index (χ2n) is 4.17. The Morgan fingerprint density at radius 2 is 1.92 bits per heavy atom. The van der Waals surface area contributed by atoms with Crippen molar-refractivity contribution in [1.82, 2.24) is 4.98 Å². The van der Waals surface area contributed by atoms with Crippen molar-refractivity contribution in [2.45, 2.75) is 46.0 Å². The van der Waals surface area contributed by atoms with Crippen LogP contribution >= 0.6 is 0 Å². The second kappa shape index (κ2) is 3.91. The Bertz CT molecular complexity index is 276. The first kappa shape index (κ1) is 10.2. The molecule has 0 N–H and O–H groups in total. The van der Waals surface area contributed by atoms with Crippen LogP contribution in [0.3, 0.4) is 0 Å². The van der Waals surface area contributed by atoms with Crippen molar-refractivity contribution in [3.05, 3.63) is 29.6 Å². The molecule has 1 nitrogen and oxygen atoms in total. The Morgan fingerprint density at radius 3 is 2.46 bits per heavy atom. The maximum atomic E-state index is 4.27. The van der Waals surface area contributed by atoms with E-state index in [1.807, 2.05) is 12.4 Å². The third kappa shape index (κ3) is 2.30. The number of rotatable bonds is 3. The first-order chi connectivity index (χ1) is 6.10. The van der Waals surface area contributed by atoms with Gasteiger partial charge in [-0.15, -0.1) is 0 Å². The minimum absolute atomic E-state index is 0.262. The van der Waals surface area contributed by atoms with Gasteiger partial charge in [0.2, 0.25) is 0 Å². The lowest BCUT2D eigenvalue weighted by molar-refractivity contribution is 0.504. The molecule has 1 heteroatoms. The summed E-state index contributed by atoms with van der Waals surface area (Å²) in [6, 6.07) is 2.27. The SMILES string of the molecule is CCc1cncc(C(C)(C)CC)c1. The number of nitrogens with zero attached hydrogens (tertiary/aromatic N) is 1. The van der Waals surface area contributed by atoms with Crippen molar-refractivity contribution < 1.29 is 0 Å². The van der Waals surface area contributed by atoms with E-state index in [-0.39, 0.29) is 5.41 Å². The Kier molecular flexibility index (Phi) is 3.07. The van der Waals surface area contributed by atoms with Crippen molar-refractivity contribution in [2.75, 3.05) is 0 Å². The van der Waals surface area contributed by atoms with Gasteiger partial charge in [-0.25, -0.2) is 0 Å². The topological polar surface area (TPSA) is 12.9 Å². The average Bonchev–Trinajstić information content (AvgIpc) is 2.18. The van der Waals surface area contributed by atoms with E-state index in [0.717, 1.165) is 12.8 Å². The van der Waals surface area contributed by atoms with E-state index in [1.165, 1.54) is 11.1 Å². The fraction of sp³-hybridized carbons (Fsp3) is 0.583. The maximum absolute atomic E-state index is 4.27. The molecule has 1 aromatic heterocycles. The fourth-order valence-corrected chi connectivity index (χ4v) is 1.26. The minimum atomic E-state index is 0.262. The summed E-state index contributed by atoms with van der Waals surface area (Å²) in [4.78, 5) is 4.27. The molecular weight excluding hydrogens is 158 g/mol. The van der Waals surface area contributed by atoms with Gasteiger partial charge in [-0.1, -0.05) is 33.8 Å². The first-order valence-corrected chi connectivity index (χ1v) is 5.04. The van der Waals surface area contributed by atoms with Gasteiger partial charge in [-0.3, -0.25) is 4.98 Å². The quantitative estimate of drug-likeness (QED) is 0.690. The lowest BCUT2D eigenvalue weighted by Crippen LogP contribution is -2.15. The highest BCUT2D eigenvalue weighted by Crippen LogP contribution is 2.26. The van der Waals surface area contributed by atoms with Gasteiger partial charge in [-0.05, 0) is 29.4 Å². The van der Waals surface area contributed by atoms with E-state index in [0.29, 0.717) is 0 Å². The van der Waals surface area contributed by atoms with Crippen LogP contribution in [0, 0.1) is 0 Å². The van der Waals surface area contributed by atoms with Crippen molar-refractivity contribution in [1.29, 1.82) is 0 Å². The molecule has 0 saturated carbocycles. The van der Waals surface area contributed by atoms with Gasteiger partial charge >= 0.3 is 0 Å². The molecule has 0 unspecified atom stereocenters. The predicted molar refractivity (Wildman–Crippen MR) is 56.9 cm³/mol. The van der Waals surface area contributed by atoms with Crippen molar-refractivity contribution in [3.8, 4) is 0 Å². The van der Waals surface area contributed by atoms with Crippen LogP contribution in [0.5, 0.6) is 0 Å². The lowest BCUT2D eigenvalue weighted by Gasteiger charge is -2.23. The summed E-state index contributed by atoms with van der Waals surface area (Å²) < 4.78 is 0. The predicted octanol–water partition coefficient (Wildman–Crippen LogP) is 3.33. The smallest absolute Gasteiger partial charge is 0.0305 e. The van der Waals surface area contributed by atoms with Gasteiger partial charge in [0.25, 0.3) is 0 Å². The highest BCUT2D eigenvalue weighted by molar-refractivity contribution is 5.24. The molecule has 0 aliphatic heterocycles. The van der Waals surface area contributed by atoms with Crippen LogP contribution in [0.25, 0.3) is 0 Å². The number of aromatic nitrogens is 1. The highest BCUT2D eigenvalue weighted by Gasteiger charge is 2.18. The highest BCUT2D eigenvalue weighted by atomic mass is 14.6. The number of aryl methyl sites for hydroxylation is 1. The molecular formula is C12H19N. The molecule has 0 aromatic carbocycles. The third-order valence-corrected chi connectivity index (χ3v) is 2.87. The molecule has 0 aliphatic carbocycles. The van der Waals surface area contributed by atoms with E-state index >= 15 is 0 Å². The average molecular weight is 177 g/mol. The third-order valence-electron chi connectivity index (χ3n) is 2.87. The first-order valence-electron chi connectivity index (χ1n) is 5.04. The van der Waals surface area contributed by atoms with E-state index in [4.69, 9.17) is 0 Å². The molecule has 0 radical (unpaired) electrons. The molecule has 0 atom stereocenters. The molecule has 0 aliphatic rings. The van der Waals surface area contributed by atoms with Gasteiger partial charge in [-0.2, -0.15) is 0 Å². The van der Waals surface area contributed by atoms with Gasteiger partial charge in [0.05, 0.1) is 0 Å². The largest absolute Gasteiger partial charge is 0.264 e. The summed E-state index contributed by atoms with van der Waals surface area (Å²) in [7, 11) is 0. The van der Waals surface area contributed by atoms with Crippen LogP contribution in [0.2, 0.25) is 0 Å². The summed E-state index contributed by atoms with van der Waals surface area (Å²) >= 11 is 0.